The predicted octanol–water partition coefficient (Wildman–Crippen LogP) is 3.19. The number of amides is 2. The lowest BCUT2D eigenvalue weighted by molar-refractivity contribution is -0.131. The second-order valence-electron chi connectivity index (χ2n) is 7.66. The van der Waals surface area contributed by atoms with Crippen molar-refractivity contribution in [2.24, 2.45) is 11.8 Å². The molecule has 2 saturated heterocycles. The van der Waals surface area contributed by atoms with Crippen LogP contribution in [0.4, 0.5) is 8.78 Å². The van der Waals surface area contributed by atoms with E-state index in [2.05, 4.69) is 0 Å². The lowest BCUT2D eigenvalue weighted by Gasteiger charge is -2.29. The van der Waals surface area contributed by atoms with Gasteiger partial charge in [-0.15, -0.1) is 0 Å². The van der Waals surface area contributed by atoms with Crippen molar-refractivity contribution in [2.45, 2.75) is 19.4 Å². The van der Waals surface area contributed by atoms with Crippen molar-refractivity contribution < 1.29 is 18.4 Å². The molecule has 0 unspecified atom stereocenters. The highest BCUT2D eigenvalue weighted by atomic mass is 19.1. The number of halogens is 2. The average Bonchev–Trinajstić information content (AvgIpc) is 3.22. The van der Waals surface area contributed by atoms with Gasteiger partial charge in [-0.05, 0) is 17.2 Å². The number of hydrogen-bond donors (Lipinski definition) is 0. The fraction of sp³-hybridized carbons (Fsp3) is 0.364. The third-order valence-corrected chi connectivity index (χ3v) is 5.92. The molecule has 2 amide bonds. The SMILES string of the molecule is CC(=O)N1C[C@H]2CN(C(=O)Cc3ccc(F)cc3F)C[C@H]2[C@H]1c1ccccc1. The molecule has 2 aliphatic rings. The summed E-state index contributed by atoms with van der Waals surface area (Å²) >= 11 is 0. The number of carbonyl (C=O) groups excluding carboxylic acids is 2. The molecule has 0 aromatic heterocycles. The summed E-state index contributed by atoms with van der Waals surface area (Å²) in [6, 6.07) is 13.1. The normalized spacial score (nSPS) is 23.8. The fourth-order valence-electron chi connectivity index (χ4n) is 4.59. The zero-order valence-corrected chi connectivity index (χ0v) is 15.6. The van der Waals surface area contributed by atoms with Gasteiger partial charge in [0, 0.05) is 44.5 Å². The van der Waals surface area contributed by atoms with E-state index < -0.39 is 11.6 Å². The van der Waals surface area contributed by atoms with Gasteiger partial charge in [0.1, 0.15) is 11.6 Å². The first kappa shape index (κ1) is 18.6. The second kappa shape index (κ2) is 7.34. The van der Waals surface area contributed by atoms with Crippen LogP contribution in [0, 0.1) is 23.5 Å². The van der Waals surface area contributed by atoms with E-state index in [0.717, 1.165) is 11.6 Å². The van der Waals surface area contributed by atoms with Crippen LogP contribution in [0.2, 0.25) is 0 Å². The molecule has 6 heteroatoms. The second-order valence-corrected chi connectivity index (χ2v) is 7.66. The van der Waals surface area contributed by atoms with E-state index in [4.69, 9.17) is 0 Å². The Morgan fingerprint density at radius 3 is 2.46 bits per heavy atom. The Labute approximate surface area is 162 Å². The molecule has 0 saturated carbocycles. The minimum atomic E-state index is -0.697. The van der Waals surface area contributed by atoms with Gasteiger partial charge in [-0.25, -0.2) is 8.78 Å². The standard InChI is InChI=1S/C22H22F2N2O2/c1-14(27)26-12-17-11-25(13-19(17)22(26)15-5-3-2-4-6-15)21(28)9-16-7-8-18(23)10-20(16)24/h2-8,10,17,19,22H,9,11-13H2,1H3/t17-,19-,22-/m1/s1. The summed E-state index contributed by atoms with van der Waals surface area (Å²) in [5, 5.41) is 0. The van der Waals surface area contributed by atoms with Gasteiger partial charge in [-0.3, -0.25) is 9.59 Å². The first-order valence-electron chi connectivity index (χ1n) is 9.48. The van der Waals surface area contributed by atoms with E-state index in [1.807, 2.05) is 35.2 Å². The predicted molar refractivity (Wildman–Crippen MR) is 100 cm³/mol. The van der Waals surface area contributed by atoms with E-state index in [1.54, 1.807) is 11.8 Å². The van der Waals surface area contributed by atoms with Crippen LogP contribution in [0.5, 0.6) is 0 Å². The highest BCUT2D eigenvalue weighted by Crippen LogP contribution is 2.45. The summed E-state index contributed by atoms with van der Waals surface area (Å²) in [4.78, 5) is 28.5. The molecule has 2 heterocycles. The average molecular weight is 384 g/mol. The number of benzene rings is 2. The van der Waals surface area contributed by atoms with Gasteiger partial charge in [0.2, 0.25) is 11.8 Å². The monoisotopic (exact) mass is 384 g/mol. The van der Waals surface area contributed by atoms with E-state index in [1.165, 1.54) is 12.1 Å². The third kappa shape index (κ3) is 3.39. The summed E-state index contributed by atoms with van der Waals surface area (Å²) in [7, 11) is 0. The van der Waals surface area contributed by atoms with Crippen LogP contribution in [-0.4, -0.2) is 41.2 Å². The number of carbonyl (C=O) groups is 2. The number of hydrogen-bond acceptors (Lipinski definition) is 2. The smallest absolute Gasteiger partial charge is 0.227 e. The maximum Gasteiger partial charge on any atom is 0.227 e. The zero-order chi connectivity index (χ0) is 19.8. The zero-order valence-electron chi connectivity index (χ0n) is 15.6. The fourth-order valence-corrected chi connectivity index (χ4v) is 4.59. The van der Waals surface area contributed by atoms with Crippen molar-refractivity contribution in [1.29, 1.82) is 0 Å². The van der Waals surface area contributed by atoms with Crippen LogP contribution in [0.25, 0.3) is 0 Å². The molecule has 3 atom stereocenters. The summed E-state index contributed by atoms with van der Waals surface area (Å²) in [5.41, 5.74) is 1.28. The highest BCUT2D eigenvalue weighted by Gasteiger charge is 2.49. The molecule has 2 aromatic carbocycles. The van der Waals surface area contributed by atoms with Crippen molar-refractivity contribution in [2.75, 3.05) is 19.6 Å². The van der Waals surface area contributed by atoms with Crippen molar-refractivity contribution in [3.05, 3.63) is 71.3 Å². The summed E-state index contributed by atoms with van der Waals surface area (Å²) in [6.45, 7) is 3.29. The Bertz CT molecular complexity index is 903. The van der Waals surface area contributed by atoms with Gasteiger partial charge in [-0.1, -0.05) is 36.4 Å². The molecule has 2 aliphatic heterocycles. The van der Waals surface area contributed by atoms with E-state index in [9.17, 15) is 18.4 Å². The minimum absolute atomic E-state index is 0.0366. The molecule has 146 valence electrons. The van der Waals surface area contributed by atoms with Crippen LogP contribution in [0.15, 0.2) is 48.5 Å². The molecule has 2 fully saturated rings. The summed E-state index contributed by atoms with van der Waals surface area (Å²) < 4.78 is 27.0. The Hall–Kier alpha value is -2.76. The van der Waals surface area contributed by atoms with Gasteiger partial charge in [0.15, 0.2) is 0 Å². The molecule has 0 N–H and O–H groups in total. The van der Waals surface area contributed by atoms with Crippen LogP contribution < -0.4 is 0 Å². The van der Waals surface area contributed by atoms with Gasteiger partial charge in [0.05, 0.1) is 12.5 Å². The lowest BCUT2D eigenvalue weighted by atomic mass is 9.89. The number of nitrogens with zero attached hydrogens (tertiary/aromatic N) is 2. The molecule has 28 heavy (non-hydrogen) atoms. The van der Waals surface area contributed by atoms with Crippen LogP contribution >= 0.6 is 0 Å². The van der Waals surface area contributed by atoms with Crippen molar-refractivity contribution in [1.82, 2.24) is 9.80 Å². The highest BCUT2D eigenvalue weighted by molar-refractivity contribution is 5.79. The third-order valence-electron chi connectivity index (χ3n) is 5.92. The Morgan fingerprint density at radius 1 is 1.04 bits per heavy atom. The largest absolute Gasteiger partial charge is 0.342 e. The number of fused-ring (bicyclic) bond motifs is 1. The molecule has 4 rings (SSSR count). The molecule has 4 nitrogen and oxygen atoms in total. The number of rotatable bonds is 3. The van der Waals surface area contributed by atoms with Gasteiger partial charge in [0.25, 0.3) is 0 Å². The van der Waals surface area contributed by atoms with E-state index in [0.29, 0.717) is 19.6 Å². The molecular formula is C22H22F2N2O2. The van der Waals surface area contributed by atoms with Crippen LogP contribution in [-0.2, 0) is 16.0 Å². The maximum atomic E-state index is 13.9. The molecular weight excluding hydrogens is 362 g/mol. The van der Waals surface area contributed by atoms with Crippen LogP contribution in [0.3, 0.4) is 0 Å². The van der Waals surface area contributed by atoms with E-state index >= 15 is 0 Å². The summed E-state index contributed by atoms with van der Waals surface area (Å²) in [6.07, 6.45) is -0.0853. The quantitative estimate of drug-likeness (QED) is 0.816. The molecule has 0 spiro atoms. The molecule has 2 aromatic rings. The van der Waals surface area contributed by atoms with Gasteiger partial charge >= 0.3 is 0 Å². The van der Waals surface area contributed by atoms with Gasteiger partial charge in [-0.2, -0.15) is 0 Å². The first-order valence-corrected chi connectivity index (χ1v) is 9.48. The Morgan fingerprint density at radius 2 is 1.79 bits per heavy atom. The molecule has 0 aliphatic carbocycles. The van der Waals surface area contributed by atoms with E-state index in [-0.39, 0.29) is 41.7 Å². The Kier molecular flexibility index (Phi) is 4.87. The molecule has 0 radical (unpaired) electrons. The summed E-state index contributed by atoms with van der Waals surface area (Å²) in [5.74, 6) is -1.11. The van der Waals surface area contributed by atoms with Crippen LogP contribution in [0.1, 0.15) is 24.1 Å². The van der Waals surface area contributed by atoms with Crippen molar-refractivity contribution in [3.63, 3.8) is 0 Å². The maximum absolute atomic E-state index is 13.9. The minimum Gasteiger partial charge on any atom is -0.342 e. The number of likely N-dealkylation sites (tertiary alicyclic amines) is 2. The van der Waals surface area contributed by atoms with Crippen molar-refractivity contribution in [3.8, 4) is 0 Å². The topological polar surface area (TPSA) is 40.6 Å². The first-order chi connectivity index (χ1) is 13.4. The van der Waals surface area contributed by atoms with Gasteiger partial charge < -0.3 is 9.80 Å². The lowest BCUT2D eigenvalue weighted by Crippen LogP contribution is -2.37. The molecule has 0 bridgehead atoms. The Balaban J connectivity index is 1.51. The van der Waals surface area contributed by atoms with Crippen molar-refractivity contribution >= 4 is 11.8 Å².